The molecule has 1 atom stereocenters. The van der Waals surface area contributed by atoms with Crippen LogP contribution >= 0.6 is 23.2 Å². The topological polar surface area (TPSA) is 58.6 Å². The molecular weight excluding hydrogens is 387 g/mol. The highest BCUT2D eigenvalue weighted by Gasteiger charge is 2.19. The summed E-state index contributed by atoms with van der Waals surface area (Å²) in [5.41, 5.74) is 1.48. The van der Waals surface area contributed by atoms with E-state index >= 15 is 0 Å². The van der Waals surface area contributed by atoms with Gasteiger partial charge in [0.15, 0.2) is 6.10 Å². The Labute approximate surface area is 169 Å². The van der Waals surface area contributed by atoms with Gasteiger partial charge in [-0.3, -0.25) is 9.59 Å². The number of benzene rings is 2. The van der Waals surface area contributed by atoms with Crippen LogP contribution in [0, 0.1) is 0 Å². The van der Waals surface area contributed by atoms with Crippen LogP contribution in [0.1, 0.15) is 26.3 Å². The number of hydrogen-bond acceptors (Lipinski definition) is 3. The SMILES string of the molecule is CCN(Cc1ccccc1NC(=O)C(C)Oc1cccc(Cl)c1Cl)C(C)=O. The van der Waals surface area contributed by atoms with E-state index in [1.54, 1.807) is 36.1 Å². The standard InChI is InChI=1S/C20H22Cl2N2O3/c1-4-24(14(3)25)12-15-8-5-6-10-17(15)23-20(26)13(2)27-18-11-7-9-16(21)19(18)22/h5-11,13H,4,12H2,1-3H3,(H,23,26). The Morgan fingerprint density at radius 1 is 1.15 bits per heavy atom. The van der Waals surface area contributed by atoms with Gasteiger partial charge >= 0.3 is 0 Å². The lowest BCUT2D eigenvalue weighted by Gasteiger charge is -2.22. The Bertz CT molecular complexity index is 827. The number of hydrogen-bond donors (Lipinski definition) is 1. The summed E-state index contributed by atoms with van der Waals surface area (Å²) in [5.74, 6) is -0.0101. The molecule has 2 aromatic rings. The van der Waals surface area contributed by atoms with Crippen LogP contribution in [0.2, 0.25) is 10.0 Å². The van der Waals surface area contributed by atoms with Crippen LogP contribution in [-0.2, 0) is 16.1 Å². The average Bonchev–Trinajstić information content (AvgIpc) is 2.64. The van der Waals surface area contributed by atoms with Gasteiger partial charge < -0.3 is 15.0 Å². The number of nitrogens with zero attached hydrogens (tertiary/aromatic N) is 1. The van der Waals surface area contributed by atoms with Crippen molar-refractivity contribution >= 4 is 40.7 Å². The zero-order valence-electron chi connectivity index (χ0n) is 15.5. The van der Waals surface area contributed by atoms with Crippen LogP contribution < -0.4 is 10.1 Å². The molecule has 0 saturated carbocycles. The van der Waals surface area contributed by atoms with Gasteiger partial charge in [0.05, 0.1) is 5.02 Å². The number of carbonyl (C=O) groups excluding carboxylic acids is 2. The summed E-state index contributed by atoms with van der Waals surface area (Å²) in [4.78, 5) is 25.9. The largest absolute Gasteiger partial charge is 0.479 e. The first kappa shape index (κ1) is 21.1. The molecule has 0 aliphatic heterocycles. The quantitative estimate of drug-likeness (QED) is 0.717. The Kier molecular flexibility index (Phi) is 7.51. The molecule has 0 fully saturated rings. The van der Waals surface area contributed by atoms with Crippen molar-refractivity contribution in [3.8, 4) is 5.75 Å². The minimum atomic E-state index is -0.788. The first-order valence-electron chi connectivity index (χ1n) is 8.58. The van der Waals surface area contributed by atoms with Crippen molar-refractivity contribution in [1.29, 1.82) is 0 Å². The Morgan fingerprint density at radius 3 is 2.52 bits per heavy atom. The fourth-order valence-electron chi connectivity index (χ4n) is 2.48. The van der Waals surface area contributed by atoms with E-state index in [9.17, 15) is 9.59 Å². The van der Waals surface area contributed by atoms with Crippen molar-refractivity contribution in [3.05, 3.63) is 58.1 Å². The Hall–Kier alpha value is -2.24. The summed E-state index contributed by atoms with van der Waals surface area (Å²) in [6.45, 7) is 6.06. The molecule has 0 saturated heterocycles. The van der Waals surface area contributed by atoms with Gasteiger partial charge in [-0.25, -0.2) is 0 Å². The van der Waals surface area contributed by atoms with E-state index in [1.807, 2.05) is 25.1 Å². The van der Waals surface area contributed by atoms with E-state index in [2.05, 4.69) is 5.32 Å². The van der Waals surface area contributed by atoms with Crippen molar-refractivity contribution in [2.75, 3.05) is 11.9 Å². The van der Waals surface area contributed by atoms with E-state index in [1.165, 1.54) is 6.92 Å². The zero-order valence-corrected chi connectivity index (χ0v) is 17.0. The molecule has 7 heteroatoms. The van der Waals surface area contributed by atoms with Gasteiger partial charge in [0.25, 0.3) is 5.91 Å². The predicted molar refractivity (Wildman–Crippen MR) is 108 cm³/mol. The summed E-state index contributed by atoms with van der Waals surface area (Å²) >= 11 is 12.1. The van der Waals surface area contributed by atoms with Crippen LogP contribution in [0.3, 0.4) is 0 Å². The molecule has 0 aliphatic carbocycles. The summed E-state index contributed by atoms with van der Waals surface area (Å²) in [7, 11) is 0. The van der Waals surface area contributed by atoms with Gasteiger partial charge in [0.2, 0.25) is 5.91 Å². The Balaban J connectivity index is 2.11. The fraction of sp³-hybridized carbons (Fsp3) is 0.300. The number of nitrogens with one attached hydrogen (secondary N) is 1. The second kappa shape index (κ2) is 9.62. The van der Waals surface area contributed by atoms with Crippen LogP contribution in [0.5, 0.6) is 5.75 Å². The molecule has 2 aromatic carbocycles. The number of para-hydroxylation sites is 1. The van der Waals surface area contributed by atoms with Crippen molar-refractivity contribution in [1.82, 2.24) is 4.90 Å². The molecule has 1 N–H and O–H groups in total. The number of ether oxygens (including phenoxy) is 1. The molecule has 2 amide bonds. The molecule has 0 bridgehead atoms. The third-order valence-electron chi connectivity index (χ3n) is 4.05. The number of anilines is 1. The van der Waals surface area contributed by atoms with Crippen molar-refractivity contribution in [3.63, 3.8) is 0 Å². The lowest BCUT2D eigenvalue weighted by Crippen LogP contribution is -2.32. The molecule has 1 unspecified atom stereocenters. The first-order chi connectivity index (χ1) is 12.8. The number of rotatable bonds is 7. The molecule has 144 valence electrons. The molecule has 0 heterocycles. The second-order valence-electron chi connectivity index (χ2n) is 5.99. The summed E-state index contributed by atoms with van der Waals surface area (Å²) in [5, 5.41) is 3.48. The molecule has 0 radical (unpaired) electrons. The van der Waals surface area contributed by atoms with E-state index in [0.717, 1.165) is 5.56 Å². The highest BCUT2D eigenvalue weighted by molar-refractivity contribution is 6.42. The van der Waals surface area contributed by atoms with Crippen LogP contribution in [-0.4, -0.2) is 29.4 Å². The number of carbonyl (C=O) groups is 2. The molecule has 5 nitrogen and oxygen atoms in total. The lowest BCUT2D eigenvalue weighted by molar-refractivity contribution is -0.129. The van der Waals surface area contributed by atoms with Gasteiger partial charge in [-0.1, -0.05) is 47.5 Å². The first-order valence-corrected chi connectivity index (χ1v) is 9.34. The van der Waals surface area contributed by atoms with E-state index in [4.69, 9.17) is 27.9 Å². The molecule has 2 rings (SSSR count). The fourth-order valence-corrected chi connectivity index (χ4v) is 2.82. The smallest absolute Gasteiger partial charge is 0.265 e. The highest BCUT2D eigenvalue weighted by atomic mass is 35.5. The van der Waals surface area contributed by atoms with E-state index in [-0.39, 0.29) is 16.8 Å². The summed E-state index contributed by atoms with van der Waals surface area (Å²) in [6, 6.07) is 12.3. The Morgan fingerprint density at radius 2 is 1.85 bits per heavy atom. The van der Waals surface area contributed by atoms with Gasteiger partial charge in [-0.15, -0.1) is 0 Å². The van der Waals surface area contributed by atoms with E-state index < -0.39 is 6.10 Å². The zero-order chi connectivity index (χ0) is 20.0. The maximum Gasteiger partial charge on any atom is 0.265 e. The van der Waals surface area contributed by atoms with Gasteiger partial charge in [0, 0.05) is 25.7 Å². The maximum atomic E-state index is 12.6. The third-order valence-corrected chi connectivity index (χ3v) is 4.85. The molecule has 0 aromatic heterocycles. The highest BCUT2D eigenvalue weighted by Crippen LogP contribution is 2.32. The van der Waals surface area contributed by atoms with Crippen molar-refractivity contribution < 1.29 is 14.3 Å². The molecule has 27 heavy (non-hydrogen) atoms. The van der Waals surface area contributed by atoms with Crippen molar-refractivity contribution in [2.24, 2.45) is 0 Å². The third kappa shape index (κ3) is 5.62. The van der Waals surface area contributed by atoms with Crippen LogP contribution in [0.25, 0.3) is 0 Å². The number of halogens is 2. The number of amides is 2. The van der Waals surface area contributed by atoms with Gasteiger partial charge in [-0.05, 0) is 37.6 Å². The average molecular weight is 409 g/mol. The molecular formula is C20H22Cl2N2O3. The molecule has 0 aliphatic rings. The summed E-state index contributed by atoms with van der Waals surface area (Å²) in [6.07, 6.45) is -0.788. The maximum absolute atomic E-state index is 12.6. The predicted octanol–water partition coefficient (Wildman–Crippen LogP) is 4.77. The van der Waals surface area contributed by atoms with E-state index in [0.29, 0.717) is 29.5 Å². The summed E-state index contributed by atoms with van der Waals surface area (Å²) < 4.78 is 5.65. The lowest BCUT2D eigenvalue weighted by atomic mass is 10.1. The minimum absolute atomic E-state index is 0.0223. The monoisotopic (exact) mass is 408 g/mol. The van der Waals surface area contributed by atoms with Crippen LogP contribution in [0.15, 0.2) is 42.5 Å². The van der Waals surface area contributed by atoms with Gasteiger partial charge in [0.1, 0.15) is 10.8 Å². The van der Waals surface area contributed by atoms with Gasteiger partial charge in [-0.2, -0.15) is 0 Å². The van der Waals surface area contributed by atoms with Crippen molar-refractivity contribution in [2.45, 2.75) is 33.4 Å². The minimum Gasteiger partial charge on any atom is -0.479 e. The van der Waals surface area contributed by atoms with Crippen LogP contribution in [0.4, 0.5) is 5.69 Å². The second-order valence-corrected chi connectivity index (χ2v) is 6.78. The normalized spacial score (nSPS) is 11.6. The molecule has 0 spiro atoms.